The predicted molar refractivity (Wildman–Crippen MR) is 82.7 cm³/mol. The first kappa shape index (κ1) is 16.1. The Labute approximate surface area is 127 Å². The SMILES string of the molecule is Nc1cc([N+](=O)[O-])ccc1S(=O)(=O)NCC1CCSCC1. The number of nitrogen functional groups attached to an aromatic ring is 1. The van der Waals surface area contributed by atoms with Gasteiger partial charge in [-0.3, -0.25) is 10.1 Å². The Morgan fingerprint density at radius 1 is 1.38 bits per heavy atom. The summed E-state index contributed by atoms with van der Waals surface area (Å²) in [6.45, 7) is 0.374. The molecule has 0 aliphatic carbocycles. The third kappa shape index (κ3) is 4.08. The van der Waals surface area contributed by atoms with E-state index in [-0.39, 0.29) is 16.3 Å². The first-order valence-corrected chi connectivity index (χ1v) is 9.15. The van der Waals surface area contributed by atoms with Crippen molar-refractivity contribution in [2.75, 3.05) is 23.8 Å². The third-order valence-corrected chi connectivity index (χ3v) is 5.94. The van der Waals surface area contributed by atoms with Crippen LogP contribution in [0.4, 0.5) is 11.4 Å². The van der Waals surface area contributed by atoms with Crippen LogP contribution in [0.2, 0.25) is 0 Å². The van der Waals surface area contributed by atoms with Crippen molar-refractivity contribution in [1.82, 2.24) is 4.72 Å². The molecular formula is C12H17N3O4S2. The molecule has 116 valence electrons. The van der Waals surface area contributed by atoms with E-state index in [0.29, 0.717) is 12.5 Å². The molecule has 2 rings (SSSR count). The van der Waals surface area contributed by atoms with Crippen LogP contribution < -0.4 is 10.5 Å². The van der Waals surface area contributed by atoms with Gasteiger partial charge in [0.05, 0.1) is 10.6 Å². The van der Waals surface area contributed by atoms with Crippen LogP contribution in [-0.2, 0) is 10.0 Å². The number of hydrogen-bond donors (Lipinski definition) is 2. The van der Waals surface area contributed by atoms with Crippen LogP contribution in [0.1, 0.15) is 12.8 Å². The van der Waals surface area contributed by atoms with Crippen molar-refractivity contribution >= 4 is 33.2 Å². The summed E-state index contributed by atoms with van der Waals surface area (Å²) in [6, 6.07) is 3.38. The average Bonchev–Trinajstić information content (AvgIpc) is 2.46. The van der Waals surface area contributed by atoms with Gasteiger partial charge >= 0.3 is 0 Å². The molecule has 9 heteroatoms. The Kier molecular flexibility index (Phi) is 5.07. The van der Waals surface area contributed by atoms with Gasteiger partial charge in [-0.05, 0) is 36.3 Å². The second-order valence-corrected chi connectivity index (χ2v) is 7.85. The molecular weight excluding hydrogens is 314 g/mol. The van der Waals surface area contributed by atoms with Gasteiger partial charge in [0.15, 0.2) is 0 Å². The van der Waals surface area contributed by atoms with Crippen LogP contribution in [0.3, 0.4) is 0 Å². The van der Waals surface area contributed by atoms with E-state index in [9.17, 15) is 18.5 Å². The van der Waals surface area contributed by atoms with E-state index >= 15 is 0 Å². The fourth-order valence-electron chi connectivity index (χ4n) is 2.15. The van der Waals surface area contributed by atoms with Crippen molar-refractivity contribution in [3.8, 4) is 0 Å². The Bertz CT molecular complexity index is 627. The van der Waals surface area contributed by atoms with Crippen LogP contribution in [0.5, 0.6) is 0 Å². The molecule has 1 saturated heterocycles. The summed E-state index contributed by atoms with van der Waals surface area (Å²) >= 11 is 1.87. The van der Waals surface area contributed by atoms with E-state index < -0.39 is 14.9 Å². The van der Waals surface area contributed by atoms with Crippen molar-refractivity contribution in [3.05, 3.63) is 28.3 Å². The maximum absolute atomic E-state index is 12.2. The Morgan fingerprint density at radius 3 is 2.62 bits per heavy atom. The minimum atomic E-state index is -3.74. The summed E-state index contributed by atoms with van der Waals surface area (Å²) in [5.74, 6) is 2.43. The lowest BCUT2D eigenvalue weighted by Gasteiger charge is -2.21. The number of nitro benzene ring substituents is 1. The van der Waals surface area contributed by atoms with Crippen LogP contribution in [-0.4, -0.2) is 31.4 Å². The fourth-order valence-corrected chi connectivity index (χ4v) is 4.58. The van der Waals surface area contributed by atoms with Crippen molar-refractivity contribution in [2.45, 2.75) is 17.7 Å². The molecule has 1 fully saturated rings. The molecule has 21 heavy (non-hydrogen) atoms. The minimum Gasteiger partial charge on any atom is -0.397 e. The minimum absolute atomic E-state index is 0.113. The second-order valence-electron chi connectivity index (χ2n) is 4.89. The standard InChI is InChI=1S/C12H17N3O4S2/c13-11-7-10(15(16)17)1-2-12(11)21(18,19)14-8-9-3-5-20-6-4-9/h1-2,7,9,14H,3-6,8,13H2. The maximum Gasteiger partial charge on any atom is 0.271 e. The molecule has 7 nitrogen and oxygen atoms in total. The van der Waals surface area contributed by atoms with Gasteiger partial charge in [0.1, 0.15) is 4.90 Å². The molecule has 0 radical (unpaired) electrons. The van der Waals surface area contributed by atoms with Gasteiger partial charge in [-0.1, -0.05) is 0 Å². The molecule has 0 amide bonds. The molecule has 1 heterocycles. The first-order valence-electron chi connectivity index (χ1n) is 6.51. The highest BCUT2D eigenvalue weighted by molar-refractivity contribution is 7.99. The quantitative estimate of drug-likeness (QED) is 0.481. The molecule has 0 atom stereocenters. The highest BCUT2D eigenvalue weighted by Gasteiger charge is 2.22. The normalized spacial score (nSPS) is 16.8. The summed E-state index contributed by atoms with van der Waals surface area (Å²) in [4.78, 5) is 9.91. The zero-order chi connectivity index (χ0) is 15.5. The molecule has 0 unspecified atom stereocenters. The fraction of sp³-hybridized carbons (Fsp3) is 0.500. The zero-order valence-corrected chi connectivity index (χ0v) is 13.0. The number of benzene rings is 1. The highest BCUT2D eigenvalue weighted by atomic mass is 32.2. The predicted octanol–water partition coefficient (Wildman–Crippen LogP) is 1.60. The van der Waals surface area contributed by atoms with Crippen molar-refractivity contribution in [2.24, 2.45) is 5.92 Å². The summed E-state index contributed by atoms with van der Waals surface area (Å²) in [6.07, 6.45) is 1.98. The van der Waals surface area contributed by atoms with E-state index in [1.807, 2.05) is 11.8 Å². The van der Waals surface area contributed by atoms with E-state index in [4.69, 9.17) is 5.73 Å². The van der Waals surface area contributed by atoms with Gasteiger partial charge in [0, 0.05) is 18.7 Å². The number of rotatable bonds is 5. The van der Waals surface area contributed by atoms with Gasteiger partial charge < -0.3 is 5.73 Å². The molecule has 1 aromatic rings. The molecule has 1 aliphatic rings. The van der Waals surface area contributed by atoms with Crippen molar-refractivity contribution in [1.29, 1.82) is 0 Å². The number of thioether (sulfide) groups is 1. The number of nitro groups is 1. The summed E-state index contributed by atoms with van der Waals surface area (Å²) < 4.78 is 27.0. The Morgan fingerprint density at radius 2 is 2.05 bits per heavy atom. The lowest BCUT2D eigenvalue weighted by atomic mass is 10.0. The number of non-ortho nitro benzene ring substituents is 1. The molecule has 1 aliphatic heterocycles. The van der Waals surface area contributed by atoms with Gasteiger partial charge in [-0.15, -0.1) is 0 Å². The Balaban J connectivity index is 2.10. The molecule has 3 N–H and O–H groups in total. The van der Waals surface area contributed by atoms with Crippen LogP contribution in [0, 0.1) is 16.0 Å². The average molecular weight is 331 g/mol. The topological polar surface area (TPSA) is 115 Å². The van der Waals surface area contributed by atoms with E-state index in [1.54, 1.807) is 0 Å². The second kappa shape index (κ2) is 6.63. The smallest absolute Gasteiger partial charge is 0.271 e. The van der Waals surface area contributed by atoms with Gasteiger partial charge in [0.2, 0.25) is 10.0 Å². The van der Waals surface area contributed by atoms with E-state index in [0.717, 1.165) is 36.5 Å². The highest BCUT2D eigenvalue weighted by Crippen LogP contribution is 2.25. The van der Waals surface area contributed by atoms with Crippen molar-refractivity contribution in [3.63, 3.8) is 0 Å². The monoisotopic (exact) mass is 331 g/mol. The molecule has 0 saturated carbocycles. The summed E-state index contributed by atoms with van der Waals surface area (Å²) in [5.41, 5.74) is 5.29. The molecule has 0 aromatic heterocycles. The van der Waals surface area contributed by atoms with E-state index in [2.05, 4.69) is 4.72 Å². The van der Waals surface area contributed by atoms with Crippen LogP contribution in [0.15, 0.2) is 23.1 Å². The zero-order valence-electron chi connectivity index (χ0n) is 11.3. The third-order valence-electron chi connectivity index (χ3n) is 3.40. The number of nitrogens with two attached hydrogens (primary N) is 1. The number of anilines is 1. The van der Waals surface area contributed by atoms with E-state index in [1.165, 1.54) is 6.07 Å². The lowest BCUT2D eigenvalue weighted by molar-refractivity contribution is -0.384. The summed E-state index contributed by atoms with van der Waals surface area (Å²) in [5, 5.41) is 10.6. The molecule has 0 bridgehead atoms. The number of hydrogen-bond acceptors (Lipinski definition) is 6. The largest absolute Gasteiger partial charge is 0.397 e. The maximum atomic E-state index is 12.2. The van der Waals surface area contributed by atoms with Gasteiger partial charge in [-0.2, -0.15) is 11.8 Å². The Hall–Kier alpha value is -1.32. The molecule has 0 spiro atoms. The number of nitrogens with zero attached hydrogens (tertiary/aromatic N) is 1. The lowest BCUT2D eigenvalue weighted by Crippen LogP contribution is -2.31. The van der Waals surface area contributed by atoms with Crippen LogP contribution >= 0.6 is 11.8 Å². The number of sulfonamides is 1. The number of nitrogens with one attached hydrogen (secondary N) is 1. The van der Waals surface area contributed by atoms with Crippen molar-refractivity contribution < 1.29 is 13.3 Å². The van der Waals surface area contributed by atoms with Crippen LogP contribution in [0.25, 0.3) is 0 Å². The molecule has 1 aromatic carbocycles. The summed E-state index contributed by atoms with van der Waals surface area (Å²) in [7, 11) is -3.74. The first-order chi connectivity index (χ1) is 9.90. The van der Waals surface area contributed by atoms with Gasteiger partial charge in [0.25, 0.3) is 5.69 Å². The van der Waals surface area contributed by atoms with Gasteiger partial charge in [-0.25, -0.2) is 13.1 Å².